The van der Waals surface area contributed by atoms with Gasteiger partial charge in [0.2, 0.25) is 0 Å². The van der Waals surface area contributed by atoms with Crippen LogP contribution in [-0.2, 0) is 0 Å². The maximum atomic E-state index is 11.2. The zero-order chi connectivity index (χ0) is 11.0. The van der Waals surface area contributed by atoms with Crippen molar-refractivity contribution in [2.24, 2.45) is 0 Å². The summed E-state index contributed by atoms with van der Waals surface area (Å²) in [5.74, 6) is 0.123. The van der Waals surface area contributed by atoms with E-state index in [4.69, 9.17) is 0 Å². The van der Waals surface area contributed by atoms with Gasteiger partial charge in [0.1, 0.15) is 0 Å². The fourth-order valence-electron chi connectivity index (χ4n) is 1.16. The van der Waals surface area contributed by atoms with Gasteiger partial charge >= 0.3 is 0 Å². The lowest BCUT2D eigenvalue weighted by molar-refractivity contribution is 0.102. The lowest BCUT2D eigenvalue weighted by atomic mass is 10.3. The molecule has 0 bridgehead atoms. The van der Waals surface area contributed by atoms with Gasteiger partial charge in [-0.15, -0.1) is 22.7 Å². The predicted octanol–water partition coefficient (Wildman–Crippen LogP) is 5.20. The molecule has 0 aliphatic carbocycles. The summed E-state index contributed by atoms with van der Waals surface area (Å²) >= 11 is 10.1. The predicted molar refractivity (Wildman–Crippen MR) is 73.0 cm³/mol. The molecule has 0 radical (unpaired) electrons. The maximum Gasteiger partial charge on any atom is 0.169 e. The topological polar surface area (TPSA) is 17.1 Å². The standard InChI is InChI=1S/C10H6Br2OS2/c1-5(13)7-2-3-8(14-7)10-6(11)4-9(12)15-10/h2-4H,1H3. The van der Waals surface area contributed by atoms with E-state index in [1.807, 2.05) is 18.2 Å². The summed E-state index contributed by atoms with van der Waals surface area (Å²) in [6.07, 6.45) is 0. The Morgan fingerprint density at radius 2 is 2.00 bits per heavy atom. The lowest BCUT2D eigenvalue weighted by Crippen LogP contribution is -1.83. The Hall–Kier alpha value is 0.0300. The third-order valence-electron chi connectivity index (χ3n) is 1.83. The van der Waals surface area contributed by atoms with Gasteiger partial charge in [-0.3, -0.25) is 4.79 Å². The molecule has 2 heterocycles. The van der Waals surface area contributed by atoms with E-state index in [1.54, 1.807) is 18.3 Å². The number of hydrogen-bond donors (Lipinski definition) is 0. The van der Waals surface area contributed by atoms with Crippen molar-refractivity contribution in [3.8, 4) is 9.75 Å². The fraction of sp³-hybridized carbons (Fsp3) is 0.100. The second kappa shape index (κ2) is 4.49. The molecular weight excluding hydrogens is 360 g/mol. The van der Waals surface area contributed by atoms with Crippen molar-refractivity contribution in [2.45, 2.75) is 6.92 Å². The van der Waals surface area contributed by atoms with Crippen molar-refractivity contribution < 1.29 is 4.79 Å². The van der Waals surface area contributed by atoms with Crippen LogP contribution in [0.15, 0.2) is 26.5 Å². The second-order valence-electron chi connectivity index (χ2n) is 2.95. The van der Waals surface area contributed by atoms with Crippen LogP contribution < -0.4 is 0 Å². The molecule has 2 aromatic heterocycles. The van der Waals surface area contributed by atoms with E-state index in [0.717, 1.165) is 18.0 Å². The van der Waals surface area contributed by atoms with Crippen LogP contribution in [0.25, 0.3) is 9.75 Å². The van der Waals surface area contributed by atoms with Crippen LogP contribution in [0.5, 0.6) is 0 Å². The van der Waals surface area contributed by atoms with E-state index in [-0.39, 0.29) is 5.78 Å². The van der Waals surface area contributed by atoms with Gasteiger partial charge in [-0.1, -0.05) is 0 Å². The summed E-state index contributed by atoms with van der Waals surface area (Å²) < 4.78 is 2.15. The monoisotopic (exact) mass is 364 g/mol. The van der Waals surface area contributed by atoms with E-state index in [2.05, 4.69) is 31.9 Å². The van der Waals surface area contributed by atoms with Crippen LogP contribution in [-0.4, -0.2) is 5.78 Å². The molecule has 2 rings (SSSR count). The summed E-state index contributed by atoms with van der Waals surface area (Å²) in [5.41, 5.74) is 0. The highest BCUT2D eigenvalue weighted by Crippen LogP contribution is 2.41. The highest BCUT2D eigenvalue weighted by atomic mass is 79.9. The Morgan fingerprint density at radius 3 is 2.47 bits per heavy atom. The average molecular weight is 366 g/mol. The molecule has 0 spiro atoms. The molecule has 0 aliphatic heterocycles. The van der Waals surface area contributed by atoms with Gasteiger partial charge in [-0.05, 0) is 57.0 Å². The van der Waals surface area contributed by atoms with Gasteiger partial charge in [-0.25, -0.2) is 0 Å². The van der Waals surface area contributed by atoms with E-state index < -0.39 is 0 Å². The highest BCUT2D eigenvalue weighted by Gasteiger charge is 2.11. The first-order chi connectivity index (χ1) is 7.08. The molecule has 0 saturated heterocycles. The van der Waals surface area contributed by atoms with E-state index in [9.17, 15) is 4.79 Å². The van der Waals surface area contributed by atoms with Crippen molar-refractivity contribution in [1.82, 2.24) is 0 Å². The van der Waals surface area contributed by atoms with Crippen molar-refractivity contribution in [3.05, 3.63) is 31.3 Å². The minimum absolute atomic E-state index is 0.123. The third kappa shape index (κ3) is 2.41. The zero-order valence-corrected chi connectivity index (χ0v) is 12.5. The van der Waals surface area contributed by atoms with Gasteiger partial charge in [0, 0.05) is 9.35 Å². The lowest BCUT2D eigenvalue weighted by Gasteiger charge is -1.91. The first-order valence-electron chi connectivity index (χ1n) is 4.14. The van der Waals surface area contributed by atoms with Gasteiger partial charge in [0.05, 0.1) is 13.5 Å². The second-order valence-corrected chi connectivity index (χ2v) is 7.32. The highest BCUT2D eigenvalue weighted by molar-refractivity contribution is 9.11. The van der Waals surface area contributed by atoms with Crippen LogP contribution in [0.2, 0.25) is 0 Å². The number of hydrogen-bond acceptors (Lipinski definition) is 3. The number of halogens is 2. The first kappa shape index (κ1) is 11.5. The van der Waals surface area contributed by atoms with Crippen molar-refractivity contribution >= 4 is 60.3 Å². The molecule has 1 nitrogen and oxygen atoms in total. The number of carbonyl (C=O) groups is 1. The SMILES string of the molecule is CC(=O)c1ccc(-c2sc(Br)cc2Br)s1. The van der Waals surface area contributed by atoms with Crippen LogP contribution in [0.3, 0.4) is 0 Å². The molecule has 0 amide bonds. The van der Waals surface area contributed by atoms with Gasteiger partial charge in [0.15, 0.2) is 5.78 Å². The first-order valence-corrected chi connectivity index (χ1v) is 7.36. The summed E-state index contributed by atoms with van der Waals surface area (Å²) in [6.45, 7) is 1.59. The Balaban J connectivity index is 2.45. The van der Waals surface area contributed by atoms with Crippen LogP contribution >= 0.6 is 54.5 Å². The molecule has 0 N–H and O–H groups in total. The summed E-state index contributed by atoms with van der Waals surface area (Å²) in [5, 5.41) is 0. The van der Waals surface area contributed by atoms with Gasteiger partial charge < -0.3 is 0 Å². The van der Waals surface area contributed by atoms with Crippen LogP contribution in [0.4, 0.5) is 0 Å². The van der Waals surface area contributed by atoms with Crippen LogP contribution in [0, 0.1) is 0 Å². The van der Waals surface area contributed by atoms with Gasteiger partial charge in [0.25, 0.3) is 0 Å². The Bertz CT molecular complexity index is 513. The fourth-order valence-corrected chi connectivity index (χ4v) is 4.95. The number of carbonyl (C=O) groups excluding carboxylic acids is 1. The molecular formula is C10H6Br2OS2. The Labute approximate surface area is 112 Å². The minimum Gasteiger partial charge on any atom is -0.294 e. The molecule has 78 valence electrons. The number of Topliss-reactive ketones (excluding diaryl/α,β-unsaturated/α-hetero) is 1. The average Bonchev–Trinajstić information content (AvgIpc) is 2.71. The molecule has 0 atom stereocenters. The summed E-state index contributed by atoms with van der Waals surface area (Å²) in [6, 6.07) is 5.89. The van der Waals surface area contributed by atoms with Crippen molar-refractivity contribution in [3.63, 3.8) is 0 Å². The molecule has 0 aromatic carbocycles. The van der Waals surface area contributed by atoms with Crippen molar-refractivity contribution in [2.75, 3.05) is 0 Å². The normalized spacial score (nSPS) is 10.6. The summed E-state index contributed by atoms with van der Waals surface area (Å²) in [4.78, 5) is 14.3. The number of rotatable bonds is 2. The van der Waals surface area contributed by atoms with Crippen LogP contribution in [0.1, 0.15) is 16.6 Å². The zero-order valence-electron chi connectivity index (χ0n) is 7.71. The minimum atomic E-state index is 0.123. The Kier molecular flexibility index (Phi) is 3.45. The quantitative estimate of drug-likeness (QED) is 0.668. The van der Waals surface area contributed by atoms with Gasteiger partial charge in [-0.2, -0.15) is 0 Å². The molecule has 0 fully saturated rings. The van der Waals surface area contributed by atoms with E-state index in [1.165, 1.54) is 16.2 Å². The third-order valence-corrected chi connectivity index (χ3v) is 5.73. The largest absolute Gasteiger partial charge is 0.294 e. The van der Waals surface area contributed by atoms with Crippen molar-refractivity contribution in [1.29, 1.82) is 0 Å². The van der Waals surface area contributed by atoms with E-state index >= 15 is 0 Å². The molecule has 2 aromatic rings. The molecule has 5 heteroatoms. The molecule has 15 heavy (non-hydrogen) atoms. The number of ketones is 1. The smallest absolute Gasteiger partial charge is 0.169 e. The summed E-state index contributed by atoms with van der Waals surface area (Å²) in [7, 11) is 0. The maximum absolute atomic E-state index is 11.2. The molecule has 0 unspecified atom stereocenters. The van der Waals surface area contributed by atoms with E-state index in [0.29, 0.717) is 0 Å². The molecule has 0 saturated carbocycles. The number of thiophene rings is 2. The molecule has 0 aliphatic rings. The Morgan fingerprint density at radius 1 is 1.27 bits per heavy atom.